The Morgan fingerprint density at radius 1 is 0.918 bits per heavy atom. The minimum atomic E-state index is -2.25. The Hall–Kier alpha value is -4.29. The molecule has 1 aromatic heterocycles. The van der Waals surface area contributed by atoms with Crippen LogP contribution in [0.1, 0.15) is 64.1 Å². The molecule has 20 nitrogen and oxygen atoms in total. The molecule has 21 heteroatoms. The molecule has 61 heavy (non-hydrogen) atoms. The molecule has 0 aliphatic heterocycles. The summed E-state index contributed by atoms with van der Waals surface area (Å²) >= 11 is -2.25. The number of methoxy groups -OCH3 is 1. The van der Waals surface area contributed by atoms with Gasteiger partial charge in [0, 0.05) is 39.1 Å². The van der Waals surface area contributed by atoms with Gasteiger partial charge in [-0.2, -0.15) is 0 Å². The van der Waals surface area contributed by atoms with Gasteiger partial charge in [-0.05, 0) is 12.3 Å². The van der Waals surface area contributed by atoms with Crippen LogP contribution in [0.4, 0.5) is 15.3 Å². The van der Waals surface area contributed by atoms with Gasteiger partial charge < -0.3 is 40.1 Å². The molecule has 0 bridgehead atoms. The van der Waals surface area contributed by atoms with E-state index in [-0.39, 0.29) is 75.6 Å². The number of hydrogen-bond donors (Lipinski definition) is 5. The van der Waals surface area contributed by atoms with E-state index >= 15 is 0 Å². The van der Waals surface area contributed by atoms with Gasteiger partial charge in [0.25, 0.3) is 0 Å². The van der Waals surface area contributed by atoms with Gasteiger partial charge in [0.15, 0.2) is 11.6 Å². The number of carbonyl (C=O) groups is 6. The zero-order valence-electron chi connectivity index (χ0n) is 36.7. The summed E-state index contributed by atoms with van der Waals surface area (Å²) in [4.78, 5) is 74.4. The van der Waals surface area contributed by atoms with Gasteiger partial charge in [0.2, 0.25) is 5.91 Å². The fourth-order valence-corrected chi connectivity index (χ4v) is 6.34. The second-order valence-electron chi connectivity index (χ2n) is 14.0. The molecule has 0 saturated heterocycles. The summed E-state index contributed by atoms with van der Waals surface area (Å²) < 4.78 is 44.7. The van der Waals surface area contributed by atoms with Crippen molar-refractivity contribution in [3.63, 3.8) is 0 Å². The van der Waals surface area contributed by atoms with Crippen LogP contribution in [0.15, 0.2) is 30.5 Å². The second kappa shape index (κ2) is 32.4. The van der Waals surface area contributed by atoms with Gasteiger partial charge in [-0.3, -0.25) is 14.4 Å². The number of ketones is 2. The number of hydrogen-bond acceptors (Lipinski definition) is 14. The maximum atomic E-state index is 13.6. The van der Waals surface area contributed by atoms with E-state index in [4.69, 9.17) is 34.7 Å². The van der Waals surface area contributed by atoms with Crippen molar-refractivity contribution in [3.8, 4) is 0 Å². The Kier molecular flexibility index (Phi) is 27.1. The number of carbonyl (C=O) groups excluding carboxylic acids is 6. The Labute approximate surface area is 368 Å². The Bertz CT molecular complexity index is 1640. The second-order valence-corrected chi connectivity index (χ2v) is 16.8. The Morgan fingerprint density at radius 3 is 2.20 bits per heavy atom. The number of anilines is 1. The first kappa shape index (κ1) is 51.1. The summed E-state index contributed by atoms with van der Waals surface area (Å²) in [6.45, 7) is 8.93. The van der Waals surface area contributed by atoms with E-state index in [1.807, 2.05) is 6.92 Å². The van der Waals surface area contributed by atoms with E-state index in [0.29, 0.717) is 81.1 Å². The van der Waals surface area contributed by atoms with Crippen molar-refractivity contribution < 1.29 is 57.2 Å². The fourth-order valence-electron chi connectivity index (χ4n) is 5.49. The standard InChI is InChI=1S/C40H65IN8O12/c1-5-41-46-40(55)61-27-30-8-10-32(11-9-30)44-38(53)31(7-6-15-43-39(42)54)25-35(51)37(29(2)3)45-36(52)14-17-57-19-21-59-23-24-60-22-20-58-18-16-49-26-33(47-48-49)12-13-34(50)28-56-4/h8-11,26,29,31,37,41H,5-7,12-25,27-28H2,1-4H3,(H,44,53)(H,45,52)(H,46,55)(H3,42,43,54)/t31-,37+/m1/s1/i41D. The van der Waals surface area contributed by atoms with Crippen LogP contribution in [0, 0.1) is 11.8 Å². The third-order valence-corrected chi connectivity index (χ3v) is 10.2. The number of aromatic nitrogens is 3. The molecule has 2 rings (SSSR count). The molecule has 0 spiro atoms. The van der Waals surface area contributed by atoms with Crippen molar-refractivity contribution in [2.45, 2.75) is 78.5 Å². The van der Waals surface area contributed by atoms with Gasteiger partial charge in [-0.15, -0.1) is 5.10 Å². The summed E-state index contributed by atoms with van der Waals surface area (Å²) in [5.74, 6) is -2.10. The zero-order chi connectivity index (χ0) is 45.5. The number of primary amides is 1. The van der Waals surface area contributed by atoms with Crippen molar-refractivity contribution in [2.24, 2.45) is 17.6 Å². The molecule has 0 aliphatic rings. The molecule has 0 saturated carbocycles. The van der Waals surface area contributed by atoms with Gasteiger partial charge in [0.1, 0.15) is 6.61 Å². The van der Waals surface area contributed by atoms with Gasteiger partial charge in [0.05, 0.1) is 71.1 Å². The third-order valence-electron chi connectivity index (χ3n) is 8.65. The molecule has 1 aromatic carbocycles. The average Bonchev–Trinajstić information content (AvgIpc) is 3.70. The number of halogens is 1. The van der Waals surface area contributed by atoms with E-state index in [1.54, 1.807) is 49.0 Å². The predicted molar refractivity (Wildman–Crippen MR) is 234 cm³/mol. The summed E-state index contributed by atoms with van der Waals surface area (Å²) in [6.07, 6.45) is 2.55. The van der Waals surface area contributed by atoms with Crippen molar-refractivity contribution in [2.75, 3.05) is 82.9 Å². The molecule has 0 unspecified atom stereocenters. The topological polar surface area (TPSA) is 263 Å². The molecule has 0 radical (unpaired) electrons. The van der Waals surface area contributed by atoms with Gasteiger partial charge in [-0.25, -0.2) is 9.48 Å². The number of amides is 5. The van der Waals surface area contributed by atoms with E-state index in [0.717, 1.165) is 5.69 Å². The first-order valence-corrected chi connectivity index (χ1v) is 23.0. The molecule has 5 amide bonds. The Morgan fingerprint density at radius 2 is 1.57 bits per heavy atom. The van der Waals surface area contributed by atoms with Crippen LogP contribution in [0.2, 0.25) is 0 Å². The number of nitrogens with one attached hydrogen (secondary N) is 4. The number of urea groups is 1. The van der Waals surface area contributed by atoms with Crippen LogP contribution in [-0.2, 0) is 67.2 Å². The first-order chi connectivity index (χ1) is 29.8. The number of nitrogens with zero attached hydrogens (tertiary/aromatic N) is 3. The van der Waals surface area contributed by atoms with Crippen molar-refractivity contribution in [1.29, 1.82) is 0.594 Å². The summed E-state index contributed by atoms with van der Waals surface area (Å²) in [5, 5.41) is 16.2. The van der Waals surface area contributed by atoms with Gasteiger partial charge in [-0.1, -0.05) is 19.1 Å². The van der Waals surface area contributed by atoms with Crippen LogP contribution < -0.4 is 25.2 Å². The van der Waals surface area contributed by atoms with Crippen LogP contribution in [0.3, 0.4) is 0 Å². The molecule has 0 aliphatic carbocycles. The minimum absolute atomic E-state index is 0.00464. The SMILES string of the molecule is [2H]I(CC)NC(=O)OCc1ccc(NC(=O)[C@H](CCCNC(N)=O)CC(=O)[C@@H](NC(=O)CCOCCOCCOCCOCCn2cc(CCC(=O)COC)nn2)C(C)C)cc1. The average molecular weight is 978 g/mol. The first-order valence-electron chi connectivity index (χ1n) is 20.8. The molecule has 2 atom stereocenters. The van der Waals surface area contributed by atoms with Crippen LogP contribution in [0.25, 0.3) is 0 Å². The molecular formula is C40H65IN8O12. The third kappa shape index (κ3) is 25.3. The van der Waals surface area contributed by atoms with Crippen LogP contribution >= 0.6 is 21.3 Å². The molecule has 344 valence electrons. The van der Waals surface area contributed by atoms with E-state index in [9.17, 15) is 28.8 Å². The molecule has 0 fully saturated rings. The number of aryl methyl sites for hydroxylation is 1. The number of alkyl halides is 1. The molecular weight excluding hydrogens is 911 g/mol. The van der Waals surface area contributed by atoms with Crippen molar-refractivity contribution >= 4 is 62.5 Å². The maximum absolute atomic E-state index is 13.6. The molecule has 2 aromatic rings. The summed E-state index contributed by atoms with van der Waals surface area (Å²) in [6, 6.07) is 5.14. The molecule has 6 N–H and O–H groups in total. The molecule has 1 heterocycles. The van der Waals surface area contributed by atoms with Gasteiger partial charge >= 0.3 is 135 Å². The van der Waals surface area contributed by atoms with Crippen molar-refractivity contribution in [1.82, 2.24) is 29.2 Å². The van der Waals surface area contributed by atoms with Crippen LogP contribution in [-0.4, -0.2) is 135 Å². The summed E-state index contributed by atoms with van der Waals surface area (Å²) in [7, 11) is 1.49. The van der Waals surface area contributed by atoms with E-state index in [2.05, 4.69) is 29.8 Å². The van der Waals surface area contributed by atoms with E-state index < -0.39 is 51.3 Å². The number of nitrogens with two attached hydrogens (primary N) is 1. The number of rotatable bonds is 35. The normalized spacial score (nSPS) is 12.5. The number of benzene rings is 1. The summed E-state index contributed by atoms with van der Waals surface area (Å²) in [5.41, 5.74) is 7.06. The quantitative estimate of drug-likeness (QED) is 0.0288. The zero-order valence-corrected chi connectivity index (χ0v) is 37.9. The van der Waals surface area contributed by atoms with Crippen LogP contribution in [0.5, 0.6) is 0 Å². The fraction of sp³-hybridized carbons (Fsp3) is 0.650. The van der Waals surface area contributed by atoms with Crippen molar-refractivity contribution in [3.05, 3.63) is 41.7 Å². The predicted octanol–water partition coefficient (Wildman–Crippen LogP) is 2.55. The monoisotopic (exact) mass is 977 g/mol. The number of Topliss-reactive ketones (excluding diaryl/α,β-unsaturated/α-hetero) is 2. The Balaban J connectivity index is 1.66. The van der Waals surface area contributed by atoms with E-state index in [1.165, 1.54) is 7.11 Å². The number of ether oxygens (including phenoxy) is 6.